The van der Waals surface area contributed by atoms with E-state index in [1.54, 1.807) is 12.1 Å². The molecule has 0 bridgehead atoms. The number of pyridine rings is 1. The lowest BCUT2D eigenvalue weighted by Crippen LogP contribution is -2.53. The molecule has 40 heavy (non-hydrogen) atoms. The minimum atomic E-state index is -5.41. The third-order valence-corrected chi connectivity index (χ3v) is 5.62. The number of anilines is 5. The van der Waals surface area contributed by atoms with Gasteiger partial charge in [0.25, 0.3) is 5.91 Å². The number of phosphoric acid groups is 1. The van der Waals surface area contributed by atoms with E-state index in [1.807, 2.05) is 0 Å². The van der Waals surface area contributed by atoms with Crippen molar-refractivity contribution < 1.29 is 49.7 Å². The summed E-state index contributed by atoms with van der Waals surface area (Å²) in [5.74, 6) is -2.09. The summed E-state index contributed by atoms with van der Waals surface area (Å²) in [5, 5.41) is 5.50. The van der Waals surface area contributed by atoms with Crippen LogP contribution in [0.1, 0.15) is 16.6 Å². The van der Waals surface area contributed by atoms with Gasteiger partial charge in [-0.2, -0.15) is 4.98 Å². The van der Waals surface area contributed by atoms with Crippen LogP contribution < -0.4 is 34.5 Å². The number of rotatable bonds is 10. The van der Waals surface area contributed by atoms with Crippen LogP contribution in [0.2, 0.25) is 0 Å². The highest BCUT2D eigenvalue weighted by Crippen LogP contribution is 2.42. The zero-order valence-corrected chi connectivity index (χ0v) is 22.6. The Morgan fingerprint density at radius 2 is 1.80 bits per heavy atom. The van der Waals surface area contributed by atoms with Crippen LogP contribution in [0.5, 0.6) is 23.0 Å². The third kappa shape index (κ3) is 6.15. The molecule has 1 aliphatic rings. The maximum absolute atomic E-state index is 14.7. The van der Waals surface area contributed by atoms with Gasteiger partial charge in [0, 0.05) is 17.8 Å². The predicted molar refractivity (Wildman–Crippen MR) is 139 cm³/mol. The summed E-state index contributed by atoms with van der Waals surface area (Å²) in [4.78, 5) is 43.9. The van der Waals surface area contributed by atoms with E-state index in [2.05, 4.69) is 30.1 Å². The van der Waals surface area contributed by atoms with Crippen molar-refractivity contribution in [2.24, 2.45) is 0 Å². The van der Waals surface area contributed by atoms with Crippen molar-refractivity contribution >= 4 is 42.8 Å². The summed E-state index contributed by atoms with van der Waals surface area (Å²) in [5.41, 5.74) is -1.24. The van der Waals surface area contributed by atoms with Gasteiger partial charge in [0.15, 0.2) is 40.3 Å². The van der Waals surface area contributed by atoms with E-state index in [-0.39, 0.29) is 23.3 Å². The van der Waals surface area contributed by atoms with Gasteiger partial charge in [0.1, 0.15) is 12.5 Å². The molecule has 0 spiro atoms. The molecule has 17 heteroatoms. The van der Waals surface area contributed by atoms with Crippen molar-refractivity contribution in [3.05, 3.63) is 36.3 Å². The summed E-state index contributed by atoms with van der Waals surface area (Å²) in [7, 11) is -1.08. The number of amides is 1. The summed E-state index contributed by atoms with van der Waals surface area (Å²) < 4.78 is 68.1. The summed E-state index contributed by atoms with van der Waals surface area (Å²) in [6, 6.07) is 5.78. The van der Waals surface area contributed by atoms with Crippen LogP contribution in [-0.2, 0) is 13.9 Å². The van der Waals surface area contributed by atoms with Crippen molar-refractivity contribution in [3.63, 3.8) is 0 Å². The van der Waals surface area contributed by atoms with Gasteiger partial charge < -0.3 is 39.4 Å². The Bertz CT molecular complexity index is 1550. The lowest BCUT2D eigenvalue weighted by atomic mass is 10.1. The third-order valence-electron chi connectivity index (χ3n) is 5.30. The molecule has 0 aliphatic carbocycles. The summed E-state index contributed by atoms with van der Waals surface area (Å²) in [6.45, 7) is -0.706. The lowest BCUT2D eigenvalue weighted by molar-refractivity contribution is -0.133. The van der Waals surface area contributed by atoms with Gasteiger partial charge in [-0.15, -0.1) is 0 Å². The lowest BCUT2D eigenvalue weighted by Gasteiger charge is -2.37. The van der Waals surface area contributed by atoms with Gasteiger partial charge in [-0.25, -0.2) is 18.9 Å². The van der Waals surface area contributed by atoms with E-state index >= 15 is 0 Å². The monoisotopic (exact) mass is 582 g/mol. The molecule has 4 N–H and O–H groups in total. The number of ether oxygens (including phenoxy) is 4. The Kier molecular flexibility index (Phi) is 7.21. The number of aromatic nitrogens is 3. The van der Waals surface area contributed by atoms with Gasteiger partial charge >= 0.3 is 7.82 Å². The number of benzene rings is 1. The molecule has 1 amide bonds. The zero-order chi connectivity index (χ0) is 31.0. The molecule has 0 saturated heterocycles. The highest BCUT2D eigenvalue weighted by atomic mass is 31.2. The Hall–Kier alpha value is -4.24. The van der Waals surface area contributed by atoms with Crippen LogP contribution in [0.3, 0.4) is 0 Å². The second kappa shape index (κ2) is 11.1. The van der Waals surface area contributed by atoms with Crippen molar-refractivity contribution in [1.29, 1.82) is 0 Å². The molecule has 15 nitrogen and oxygen atoms in total. The predicted octanol–water partition coefficient (Wildman–Crippen LogP) is 3.09. The number of phosphoric ester groups is 1. The minimum Gasteiger partial charge on any atom is -0.493 e. The smallest absolute Gasteiger partial charge is 0.471 e. The van der Waals surface area contributed by atoms with Gasteiger partial charge in [-0.05, 0) is 26.0 Å². The largest absolute Gasteiger partial charge is 0.493 e. The maximum atomic E-state index is 14.7. The normalized spacial score (nSPS) is 15.3. The average Bonchev–Trinajstić information content (AvgIpc) is 2.89. The number of fused-ring (bicyclic) bond motifs is 1. The van der Waals surface area contributed by atoms with Crippen LogP contribution in [0.4, 0.5) is 33.5 Å². The quantitative estimate of drug-likeness (QED) is 0.255. The number of carbonyl (C=O) groups excluding carboxylic acids is 1. The van der Waals surface area contributed by atoms with Gasteiger partial charge in [-0.3, -0.25) is 14.2 Å². The van der Waals surface area contributed by atoms with Crippen LogP contribution in [0.15, 0.2) is 30.5 Å². The molecule has 1 aliphatic heterocycles. The number of hydrogen-bond acceptors (Lipinski definition) is 12. The van der Waals surface area contributed by atoms with E-state index in [0.29, 0.717) is 27.8 Å². The van der Waals surface area contributed by atoms with Crippen molar-refractivity contribution in [3.8, 4) is 23.0 Å². The van der Waals surface area contributed by atoms with Crippen molar-refractivity contribution in [2.75, 3.05) is 43.5 Å². The first-order valence-electron chi connectivity index (χ1n) is 12.3. The van der Waals surface area contributed by atoms with E-state index in [0.717, 1.165) is 6.20 Å². The average molecular weight is 582 g/mol. The van der Waals surface area contributed by atoms with Crippen LogP contribution >= 0.6 is 7.82 Å². The Morgan fingerprint density at radius 3 is 2.40 bits per heavy atom. The molecule has 3 heterocycles. The van der Waals surface area contributed by atoms with Crippen molar-refractivity contribution in [2.45, 2.75) is 19.4 Å². The first kappa shape index (κ1) is 26.0. The van der Waals surface area contributed by atoms with E-state index in [9.17, 15) is 23.5 Å². The Balaban J connectivity index is 1.68. The fourth-order valence-corrected chi connectivity index (χ4v) is 3.71. The molecule has 2 aromatic heterocycles. The number of carbonyl (C=O) groups is 1. The first-order chi connectivity index (χ1) is 19.6. The van der Waals surface area contributed by atoms with Gasteiger partial charge in [-0.1, -0.05) is 0 Å². The fraction of sp³-hybridized carbons (Fsp3) is 0.304. The number of methoxy groups -OCH3 is 3. The second-order valence-corrected chi connectivity index (χ2v) is 9.66. The molecule has 4 rings (SSSR count). The Labute approximate surface area is 230 Å². The summed E-state index contributed by atoms with van der Waals surface area (Å²) >= 11 is 0. The number of hydrogen-bond donors (Lipinski definition) is 4. The molecule has 0 radical (unpaired) electrons. The number of halogens is 1. The maximum Gasteiger partial charge on any atom is 0.471 e. The molecule has 0 saturated carbocycles. The molecule has 0 fully saturated rings. The molecule has 0 unspecified atom stereocenters. The number of nitrogens with one attached hydrogen (secondary N) is 2. The molecule has 3 aromatic rings. The topological polar surface area (TPSA) is 187 Å². The Morgan fingerprint density at radius 1 is 1.12 bits per heavy atom. The molecule has 0 atom stereocenters. The molecular formula is C23H26FN6O9P. The highest BCUT2D eigenvalue weighted by molar-refractivity contribution is 7.46. The molecule has 214 valence electrons. The molecule has 1 aromatic carbocycles. The minimum absolute atomic E-state index is 0.0561. The van der Waals surface area contributed by atoms with E-state index < -0.39 is 37.6 Å². The standard InChI is InChI=1S/C23H26FN6O9P/c1-23(2)21(31)30(11-38-40(32,33)34)20-14(39-23)6-7-17(28-20)27-19-13(24)10-25-22(29-19)26-12-8-15(35-3)18(37-5)16(9-12)36-4/h6-10H,11H2,1-5H3,(H2,32,33,34)(H2,25,26,27,28,29)/i11D2. The van der Waals surface area contributed by atoms with Gasteiger partial charge in [0.05, 0.1) is 30.3 Å². The number of nitrogens with zero attached hydrogens (tertiary/aromatic N) is 4. The van der Waals surface area contributed by atoms with Crippen LogP contribution in [0, 0.1) is 5.82 Å². The highest BCUT2D eigenvalue weighted by Gasteiger charge is 2.42. The first-order valence-corrected chi connectivity index (χ1v) is 12.8. The van der Waals surface area contributed by atoms with E-state index in [1.165, 1.54) is 47.3 Å². The van der Waals surface area contributed by atoms with Crippen molar-refractivity contribution in [1.82, 2.24) is 15.0 Å². The second-order valence-electron chi connectivity index (χ2n) is 8.50. The fourth-order valence-electron chi connectivity index (χ4n) is 3.53. The zero-order valence-electron chi connectivity index (χ0n) is 23.8. The van der Waals surface area contributed by atoms with Crippen LogP contribution in [0.25, 0.3) is 0 Å². The van der Waals surface area contributed by atoms with Gasteiger partial charge in [0.2, 0.25) is 11.7 Å². The SMILES string of the molecule is [2H]C([2H])(OP(=O)(O)O)N1C(=O)C(C)(C)Oc2ccc(Nc3nc(Nc4cc(OC)c(OC)c(OC)c4)ncc3F)nc21. The molecular weight excluding hydrogens is 554 g/mol. The van der Waals surface area contributed by atoms with Crippen LogP contribution in [-0.4, -0.2) is 64.3 Å². The summed E-state index contributed by atoms with van der Waals surface area (Å²) in [6.07, 6.45) is 0.877. The van der Waals surface area contributed by atoms with E-state index in [4.69, 9.17) is 21.7 Å².